The van der Waals surface area contributed by atoms with E-state index in [4.69, 9.17) is 9.47 Å². The molecule has 0 aliphatic rings. The lowest BCUT2D eigenvalue weighted by molar-refractivity contribution is 0.284. The first-order valence-corrected chi connectivity index (χ1v) is 13.2. The molecule has 0 saturated carbocycles. The molecule has 36 heavy (non-hydrogen) atoms. The van der Waals surface area contributed by atoms with E-state index in [-0.39, 0.29) is 11.4 Å². The highest BCUT2D eigenvalue weighted by molar-refractivity contribution is 7.89. The minimum atomic E-state index is -3.72. The van der Waals surface area contributed by atoms with Gasteiger partial charge in [-0.3, -0.25) is 4.98 Å². The van der Waals surface area contributed by atoms with E-state index in [1.807, 2.05) is 79.7 Å². The van der Waals surface area contributed by atoms with Gasteiger partial charge >= 0.3 is 0 Å². The van der Waals surface area contributed by atoms with Crippen LogP contribution in [0.15, 0.2) is 102 Å². The number of aromatic nitrogens is 1. The molecule has 7 heteroatoms. The van der Waals surface area contributed by atoms with Crippen molar-refractivity contribution >= 4 is 10.0 Å². The van der Waals surface area contributed by atoms with Gasteiger partial charge in [-0.2, -0.15) is 4.31 Å². The number of methoxy groups -OCH3 is 1. The predicted molar refractivity (Wildman–Crippen MR) is 140 cm³/mol. The number of aryl methyl sites for hydroxylation is 1. The average molecular weight is 503 g/mol. The number of sulfonamides is 1. The van der Waals surface area contributed by atoms with Gasteiger partial charge in [0.15, 0.2) is 11.5 Å². The van der Waals surface area contributed by atoms with Crippen molar-refractivity contribution in [1.82, 2.24) is 9.29 Å². The van der Waals surface area contributed by atoms with Gasteiger partial charge in [0.05, 0.1) is 12.0 Å². The monoisotopic (exact) mass is 502 g/mol. The molecule has 1 heterocycles. The van der Waals surface area contributed by atoms with E-state index >= 15 is 0 Å². The molecule has 4 aromatic rings. The number of pyridine rings is 1. The summed E-state index contributed by atoms with van der Waals surface area (Å²) in [5.74, 6) is 1.17. The fourth-order valence-electron chi connectivity index (χ4n) is 3.82. The fourth-order valence-corrected chi connectivity index (χ4v) is 5.24. The Morgan fingerprint density at radius 3 is 2.22 bits per heavy atom. The molecular weight excluding hydrogens is 472 g/mol. The van der Waals surface area contributed by atoms with Gasteiger partial charge in [-0.05, 0) is 66.4 Å². The first kappa shape index (κ1) is 25.4. The summed E-state index contributed by atoms with van der Waals surface area (Å²) in [5, 5.41) is 0. The van der Waals surface area contributed by atoms with Gasteiger partial charge in [0.2, 0.25) is 10.0 Å². The molecule has 0 bridgehead atoms. The van der Waals surface area contributed by atoms with Gasteiger partial charge in [0.25, 0.3) is 0 Å². The van der Waals surface area contributed by atoms with E-state index in [1.54, 1.807) is 31.6 Å². The Kier molecular flexibility index (Phi) is 8.36. The number of rotatable bonds is 11. The molecule has 0 unspecified atom stereocenters. The molecule has 0 saturated heterocycles. The van der Waals surface area contributed by atoms with E-state index in [0.29, 0.717) is 31.1 Å². The van der Waals surface area contributed by atoms with Crippen molar-refractivity contribution in [3.05, 3.63) is 120 Å². The van der Waals surface area contributed by atoms with Crippen LogP contribution in [-0.4, -0.2) is 31.4 Å². The van der Waals surface area contributed by atoms with Crippen LogP contribution >= 0.6 is 0 Å². The highest BCUT2D eigenvalue weighted by atomic mass is 32.2. The van der Waals surface area contributed by atoms with Crippen LogP contribution in [-0.2, 0) is 29.6 Å². The van der Waals surface area contributed by atoms with E-state index < -0.39 is 10.0 Å². The quantitative estimate of drug-likeness (QED) is 0.274. The van der Waals surface area contributed by atoms with Crippen LogP contribution in [0.4, 0.5) is 0 Å². The van der Waals surface area contributed by atoms with Crippen LogP contribution in [0.3, 0.4) is 0 Å². The van der Waals surface area contributed by atoms with Crippen LogP contribution in [0.2, 0.25) is 0 Å². The summed E-state index contributed by atoms with van der Waals surface area (Å²) in [5.41, 5.74) is 3.89. The normalized spacial score (nSPS) is 11.4. The zero-order valence-electron chi connectivity index (χ0n) is 20.5. The Balaban J connectivity index is 1.56. The minimum absolute atomic E-state index is 0.205. The molecule has 0 aliphatic carbocycles. The molecule has 0 fully saturated rings. The zero-order valence-corrected chi connectivity index (χ0v) is 21.3. The molecule has 0 radical (unpaired) electrons. The highest BCUT2D eigenvalue weighted by Crippen LogP contribution is 2.30. The van der Waals surface area contributed by atoms with Crippen molar-refractivity contribution in [2.45, 2.75) is 31.4 Å². The summed E-state index contributed by atoms with van der Waals surface area (Å²) < 4.78 is 40.3. The lowest BCUT2D eigenvalue weighted by atomic mass is 10.1. The molecular formula is C29H30N2O4S. The van der Waals surface area contributed by atoms with Gasteiger partial charge in [-0.1, -0.05) is 54.1 Å². The van der Waals surface area contributed by atoms with Crippen LogP contribution in [0.25, 0.3) is 0 Å². The molecule has 186 valence electrons. The van der Waals surface area contributed by atoms with Crippen LogP contribution in [0.5, 0.6) is 11.5 Å². The van der Waals surface area contributed by atoms with Crippen molar-refractivity contribution in [2.24, 2.45) is 0 Å². The van der Waals surface area contributed by atoms with Crippen molar-refractivity contribution in [1.29, 1.82) is 0 Å². The Morgan fingerprint density at radius 1 is 0.806 bits per heavy atom. The fraction of sp³-hybridized carbons (Fsp3) is 0.207. The van der Waals surface area contributed by atoms with E-state index in [2.05, 4.69) is 4.98 Å². The summed E-state index contributed by atoms with van der Waals surface area (Å²) >= 11 is 0. The Morgan fingerprint density at radius 2 is 1.53 bits per heavy atom. The second-order valence-electron chi connectivity index (χ2n) is 8.52. The molecule has 0 amide bonds. The maximum atomic E-state index is 13.6. The molecule has 6 nitrogen and oxygen atoms in total. The number of hydrogen-bond donors (Lipinski definition) is 0. The van der Waals surface area contributed by atoms with Crippen LogP contribution < -0.4 is 9.47 Å². The topological polar surface area (TPSA) is 68.7 Å². The summed E-state index contributed by atoms with van der Waals surface area (Å²) in [6.07, 6.45) is 4.00. The van der Waals surface area contributed by atoms with E-state index in [1.165, 1.54) is 4.31 Å². The highest BCUT2D eigenvalue weighted by Gasteiger charge is 2.25. The molecule has 4 rings (SSSR count). The third kappa shape index (κ3) is 6.50. The Labute approximate surface area is 213 Å². The number of benzene rings is 3. The van der Waals surface area contributed by atoms with Crippen molar-refractivity contribution < 1.29 is 17.9 Å². The minimum Gasteiger partial charge on any atom is -0.493 e. The van der Waals surface area contributed by atoms with Gasteiger partial charge in [0, 0.05) is 25.5 Å². The largest absolute Gasteiger partial charge is 0.493 e. The Bertz CT molecular complexity index is 1360. The van der Waals surface area contributed by atoms with Gasteiger partial charge in [0.1, 0.15) is 6.61 Å². The Hall–Kier alpha value is -3.68. The second-order valence-corrected chi connectivity index (χ2v) is 10.5. The summed E-state index contributed by atoms with van der Waals surface area (Å²) in [4.78, 5) is 4.32. The lowest BCUT2D eigenvalue weighted by Gasteiger charge is -2.23. The number of ether oxygens (including phenoxy) is 2. The molecule has 1 aromatic heterocycles. The van der Waals surface area contributed by atoms with Gasteiger partial charge in [-0.25, -0.2) is 8.42 Å². The zero-order chi connectivity index (χ0) is 25.4. The maximum absolute atomic E-state index is 13.6. The summed E-state index contributed by atoms with van der Waals surface area (Å²) in [7, 11) is -2.13. The summed E-state index contributed by atoms with van der Waals surface area (Å²) in [6.45, 7) is 2.88. The SMILES string of the molecule is COc1cc(CN(CCc2ccncc2)S(=O)(=O)c2ccc(C)cc2)ccc1OCc1ccccc1. The molecule has 0 aliphatic heterocycles. The number of nitrogens with zero attached hydrogens (tertiary/aromatic N) is 2. The average Bonchev–Trinajstić information content (AvgIpc) is 2.91. The van der Waals surface area contributed by atoms with E-state index in [9.17, 15) is 8.42 Å². The van der Waals surface area contributed by atoms with Crippen molar-refractivity contribution in [3.8, 4) is 11.5 Å². The first-order valence-electron chi connectivity index (χ1n) is 11.7. The van der Waals surface area contributed by atoms with E-state index in [0.717, 1.165) is 22.3 Å². The molecule has 0 atom stereocenters. The van der Waals surface area contributed by atoms with Crippen molar-refractivity contribution in [2.75, 3.05) is 13.7 Å². The lowest BCUT2D eigenvalue weighted by Crippen LogP contribution is -2.32. The predicted octanol–water partition coefficient (Wildman–Crippen LogP) is 5.41. The maximum Gasteiger partial charge on any atom is 0.243 e. The van der Waals surface area contributed by atoms with Crippen molar-refractivity contribution in [3.63, 3.8) is 0 Å². The summed E-state index contributed by atoms with van der Waals surface area (Å²) in [6, 6.07) is 26.2. The first-order chi connectivity index (χ1) is 17.5. The van der Waals surface area contributed by atoms with Gasteiger partial charge < -0.3 is 9.47 Å². The van der Waals surface area contributed by atoms with Crippen LogP contribution in [0, 0.1) is 6.92 Å². The third-order valence-corrected chi connectivity index (χ3v) is 7.74. The smallest absolute Gasteiger partial charge is 0.243 e. The molecule has 3 aromatic carbocycles. The number of hydrogen-bond acceptors (Lipinski definition) is 5. The molecule has 0 spiro atoms. The molecule has 0 N–H and O–H groups in total. The van der Waals surface area contributed by atoms with Crippen LogP contribution in [0.1, 0.15) is 22.3 Å². The third-order valence-electron chi connectivity index (χ3n) is 5.88. The standard InChI is InChI=1S/C29H30N2O4S/c1-23-8-11-27(12-9-23)36(32,33)31(19-16-24-14-17-30-18-15-24)21-26-10-13-28(29(20-26)34-2)35-22-25-6-4-3-5-7-25/h3-15,17-18,20H,16,19,21-22H2,1-2H3. The second kappa shape index (κ2) is 11.8. The van der Waals surface area contributed by atoms with Gasteiger partial charge in [-0.15, -0.1) is 0 Å².